The summed E-state index contributed by atoms with van der Waals surface area (Å²) in [5, 5.41) is 6.74. The third-order valence-electron chi connectivity index (χ3n) is 5.77. The summed E-state index contributed by atoms with van der Waals surface area (Å²) in [5.41, 5.74) is 10.5. The third-order valence-corrected chi connectivity index (χ3v) is 5.77. The largest absolute Gasteiger partial charge is 0.389 e. The highest BCUT2D eigenvalue weighted by atomic mass is 16.1. The second-order valence-electron chi connectivity index (χ2n) is 8.35. The van der Waals surface area contributed by atoms with E-state index in [1.807, 2.05) is 6.08 Å². The molecule has 0 radical (unpaired) electrons. The highest BCUT2D eigenvalue weighted by molar-refractivity contribution is 5.80. The average molecular weight is 414 g/mol. The zero-order valence-electron chi connectivity index (χ0n) is 18.9. The number of carbonyl (C=O) groups is 1. The Bertz CT molecular complexity index is 593. The molecule has 0 heterocycles. The van der Waals surface area contributed by atoms with Crippen molar-refractivity contribution in [3.05, 3.63) is 55.1 Å². The van der Waals surface area contributed by atoms with E-state index in [0.717, 1.165) is 56.5 Å². The normalized spacial score (nSPS) is 16.1. The first-order valence-electron chi connectivity index (χ1n) is 11.7. The van der Waals surface area contributed by atoms with E-state index in [1.54, 1.807) is 0 Å². The van der Waals surface area contributed by atoms with Gasteiger partial charge in [0.15, 0.2) is 0 Å². The van der Waals surface area contributed by atoms with Gasteiger partial charge in [0.1, 0.15) is 6.04 Å². The standard InChI is InChI=1S/C26H43N3O/c1-4-5-6-7-9-12-17-22(2)28-21-16-15-20-25(26(27)30)29-23(3)24-18-13-10-8-11-14-19-24/h5,7,9,24-25,28-29H,1-3,6,8,10-21H2,(H2,27,30)/b9-7+. The summed E-state index contributed by atoms with van der Waals surface area (Å²) in [6.07, 6.45) is 20.5. The van der Waals surface area contributed by atoms with Gasteiger partial charge in [-0.05, 0) is 63.4 Å². The number of amides is 1. The van der Waals surface area contributed by atoms with Crippen LogP contribution in [0.3, 0.4) is 0 Å². The molecule has 0 spiro atoms. The van der Waals surface area contributed by atoms with Crippen LogP contribution in [0.1, 0.15) is 83.5 Å². The van der Waals surface area contributed by atoms with Gasteiger partial charge in [0, 0.05) is 17.9 Å². The number of nitrogens with one attached hydrogen (secondary N) is 2. The van der Waals surface area contributed by atoms with Gasteiger partial charge in [-0.2, -0.15) is 0 Å². The van der Waals surface area contributed by atoms with Gasteiger partial charge < -0.3 is 16.4 Å². The molecule has 1 rings (SSSR count). The van der Waals surface area contributed by atoms with Crippen LogP contribution in [0.5, 0.6) is 0 Å². The number of unbranched alkanes of at least 4 members (excludes halogenated alkanes) is 1. The summed E-state index contributed by atoms with van der Waals surface area (Å²) in [6.45, 7) is 12.7. The molecule has 1 aliphatic carbocycles. The Hall–Kier alpha value is -2.19. The molecule has 4 heteroatoms. The summed E-state index contributed by atoms with van der Waals surface area (Å²) >= 11 is 0. The van der Waals surface area contributed by atoms with Crippen LogP contribution in [-0.2, 0) is 4.79 Å². The number of carbonyl (C=O) groups excluding carboxylic acids is 1. The molecule has 1 atom stereocenters. The van der Waals surface area contributed by atoms with E-state index in [9.17, 15) is 4.79 Å². The Kier molecular flexibility index (Phi) is 14.3. The molecule has 0 aliphatic heterocycles. The van der Waals surface area contributed by atoms with E-state index >= 15 is 0 Å². The van der Waals surface area contributed by atoms with Gasteiger partial charge in [-0.15, -0.1) is 5.73 Å². The van der Waals surface area contributed by atoms with E-state index in [-0.39, 0.29) is 11.9 Å². The minimum atomic E-state index is -0.319. The molecular weight excluding hydrogens is 370 g/mol. The van der Waals surface area contributed by atoms with Crippen LogP contribution in [0, 0.1) is 5.92 Å². The first kappa shape index (κ1) is 25.8. The number of primary amides is 1. The zero-order chi connectivity index (χ0) is 22.0. The van der Waals surface area contributed by atoms with Crippen molar-refractivity contribution in [1.82, 2.24) is 10.6 Å². The summed E-state index contributed by atoms with van der Waals surface area (Å²) in [7, 11) is 0. The maximum atomic E-state index is 11.9. The smallest absolute Gasteiger partial charge is 0.239 e. The fourth-order valence-corrected chi connectivity index (χ4v) is 3.88. The maximum Gasteiger partial charge on any atom is 0.239 e. The van der Waals surface area contributed by atoms with Gasteiger partial charge in [-0.1, -0.05) is 64.0 Å². The predicted molar refractivity (Wildman–Crippen MR) is 129 cm³/mol. The van der Waals surface area contributed by atoms with E-state index in [0.29, 0.717) is 5.92 Å². The predicted octanol–water partition coefficient (Wildman–Crippen LogP) is 5.65. The lowest BCUT2D eigenvalue weighted by Gasteiger charge is -2.26. The summed E-state index contributed by atoms with van der Waals surface area (Å²) in [4.78, 5) is 11.9. The summed E-state index contributed by atoms with van der Waals surface area (Å²) < 4.78 is 0. The van der Waals surface area contributed by atoms with Crippen LogP contribution in [0.4, 0.5) is 0 Å². The second-order valence-corrected chi connectivity index (χ2v) is 8.35. The Morgan fingerprint density at radius 1 is 1.10 bits per heavy atom. The molecule has 0 aromatic heterocycles. The van der Waals surface area contributed by atoms with Crippen molar-refractivity contribution in [2.75, 3.05) is 6.54 Å². The average Bonchev–Trinajstić information content (AvgIpc) is 2.68. The van der Waals surface area contributed by atoms with Crippen molar-refractivity contribution in [1.29, 1.82) is 0 Å². The Morgan fingerprint density at radius 2 is 1.80 bits per heavy atom. The fraction of sp³-hybridized carbons (Fsp3) is 0.615. The van der Waals surface area contributed by atoms with Crippen molar-refractivity contribution >= 4 is 5.91 Å². The number of hydrogen-bond acceptors (Lipinski definition) is 3. The van der Waals surface area contributed by atoms with Gasteiger partial charge >= 0.3 is 0 Å². The molecule has 1 amide bonds. The molecule has 168 valence electrons. The minimum Gasteiger partial charge on any atom is -0.389 e. The lowest BCUT2D eigenvalue weighted by Crippen LogP contribution is -2.42. The molecule has 1 saturated carbocycles. The molecule has 0 aromatic rings. The molecule has 1 unspecified atom stereocenters. The molecular formula is C26H43N3O. The Labute approximate surface area is 184 Å². The van der Waals surface area contributed by atoms with Crippen LogP contribution >= 0.6 is 0 Å². The van der Waals surface area contributed by atoms with Crippen LogP contribution in [0.2, 0.25) is 0 Å². The zero-order valence-corrected chi connectivity index (χ0v) is 18.9. The van der Waals surface area contributed by atoms with Crippen molar-refractivity contribution in [3.8, 4) is 0 Å². The van der Waals surface area contributed by atoms with Crippen LogP contribution in [0.25, 0.3) is 0 Å². The van der Waals surface area contributed by atoms with Crippen LogP contribution < -0.4 is 16.4 Å². The molecule has 0 aromatic carbocycles. The van der Waals surface area contributed by atoms with E-state index in [4.69, 9.17) is 5.73 Å². The van der Waals surface area contributed by atoms with E-state index in [2.05, 4.69) is 48.3 Å². The molecule has 4 nitrogen and oxygen atoms in total. The molecule has 1 fully saturated rings. The van der Waals surface area contributed by atoms with Gasteiger partial charge in [0.2, 0.25) is 5.91 Å². The highest BCUT2D eigenvalue weighted by Crippen LogP contribution is 2.26. The van der Waals surface area contributed by atoms with Gasteiger partial charge in [-0.25, -0.2) is 0 Å². The third kappa shape index (κ3) is 12.4. The fourth-order valence-electron chi connectivity index (χ4n) is 3.88. The minimum absolute atomic E-state index is 0.280. The topological polar surface area (TPSA) is 67.2 Å². The lowest BCUT2D eigenvalue weighted by molar-refractivity contribution is -0.120. The summed E-state index contributed by atoms with van der Waals surface area (Å²) in [6, 6.07) is -0.319. The number of hydrogen-bond donors (Lipinski definition) is 3. The van der Waals surface area contributed by atoms with Crippen LogP contribution in [0.15, 0.2) is 55.1 Å². The SMILES string of the molecule is C=C=CC/C=C/CCC(=C)NCCCCC(NC(=C)C1CCCCCCC1)C(N)=O. The number of allylic oxidation sites excluding steroid dienone is 5. The first-order chi connectivity index (χ1) is 14.5. The Balaban J connectivity index is 2.22. The quantitative estimate of drug-likeness (QED) is 0.185. The molecule has 4 N–H and O–H groups in total. The van der Waals surface area contributed by atoms with Crippen molar-refractivity contribution < 1.29 is 4.79 Å². The molecule has 1 aliphatic rings. The molecule has 0 bridgehead atoms. The van der Waals surface area contributed by atoms with Gasteiger partial charge in [-0.3, -0.25) is 4.79 Å². The van der Waals surface area contributed by atoms with E-state index < -0.39 is 0 Å². The first-order valence-corrected chi connectivity index (χ1v) is 11.7. The number of rotatable bonds is 15. The number of nitrogens with two attached hydrogens (primary N) is 1. The Morgan fingerprint density at radius 3 is 2.47 bits per heavy atom. The van der Waals surface area contributed by atoms with Crippen molar-refractivity contribution in [3.63, 3.8) is 0 Å². The van der Waals surface area contributed by atoms with Crippen molar-refractivity contribution in [2.45, 2.75) is 89.5 Å². The van der Waals surface area contributed by atoms with Gasteiger partial charge in [0.25, 0.3) is 0 Å². The van der Waals surface area contributed by atoms with E-state index in [1.165, 1.54) is 44.9 Å². The van der Waals surface area contributed by atoms with Crippen LogP contribution in [-0.4, -0.2) is 18.5 Å². The second kappa shape index (κ2) is 16.6. The monoisotopic (exact) mass is 413 g/mol. The molecule has 0 saturated heterocycles. The van der Waals surface area contributed by atoms with Gasteiger partial charge in [0.05, 0.1) is 0 Å². The molecule has 30 heavy (non-hydrogen) atoms. The maximum absolute atomic E-state index is 11.9. The highest BCUT2D eigenvalue weighted by Gasteiger charge is 2.20. The lowest BCUT2D eigenvalue weighted by atomic mass is 9.89. The van der Waals surface area contributed by atoms with Crippen molar-refractivity contribution in [2.24, 2.45) is 11.7 Å². The summed E-state index contributed by atoms with van der Waals surface area (Å²) in [5.74, 6) is 0.191.